The normalized spacial score (nSPS) is 17.6. The highest BCUT2D eigenvalue weighted by Gasteiger charge is 2.16. The molecule has 0 aromatic heterocycles. The molecule has 2 aromatic carbocycles. The Bertz CT molecular complexity index is 1050. The first kappa shape index (κ1) is 28.7. The van der Waals surface area contributed by atoms with Crippen LogP contribution in [0, 0.1) is 0 Å². The third-order valence-corrected chi connectivity index (χ3v) is 8.31. The van der Waals surface area contributed by atoms with Crippen LogP contribution in [-0.4, -0.2) is 23.2 Å². The van der Waals surface area contributed by atoms with Gasteiger partial charge in [0.1, 0.15) is 0 Å². The van der Waals surface area contributed by atoms with E-state index in [2.05, 4.69) is 69.6 Å². The quantitative estimate of drug-likeness (QED) is 0.250. The van der Waals surface area contributed by atoms with E-state index in [0.717, 1.165) is 22.6 Å². The van der Waals surface area contributed by atoms with Crippen molar-refractivity contribution in [3.8, 4) is 0 Å². The van der Waals surface area contributed by atoms with Crippen LogP contribution in [0.1, 0.15) is 131 Å². The minimum absolute atomic E-state index is 0.196. The summed E-state index contributed by atoms with van der Waals surface area (Å²) in [5, 5.41) is 8.52. The van der Waals surface area contributed by atoms with Crippen molar-refractivity contribution >= 4 is 23.2 Å². The molecule has 39 heavy (non-hydrogen) atoms. The maximum absolute atomic E-state index is 12.2. The van der Waals surface area contributed by atoms with Gasteiger partial charge >= 0.3 is 0 Å². The van der Waals surface area contributed by atoms with Crippen LogP contribution >= 0.6 is 0 Å². The molecule has 0 spiro atoms. The lowest BCUT2D eigenvalue weighted by molar-refractivity contribution is -0.122. The smallest absolute Gasteiger partial charge is 0.240 e. The second-order valence-electron chi connectivity index (χ2n) is 11.2. The molecule has 2 saturated carbocycles. The summed E-state index contributed by atoms with van der Waals surface area (Å²) in [6, 6.07) is 17.1. The van der Waals surface area contributed by atoms with Crippen LogP contribution in [0.3, 0.4) is 0 Å². The third kappa shape index (κ3) is 8.87. The molecule has 0 radical (unpaired) electrons. The van der Waals surface area contributed by atoms with Crippen molar-refractivity contribution in [2.24, 2.45) is 10.2 Å². The van der Waals surface area contributed by atoms with E-state index in [1.54, 1.807) is 0 Å². The van der Waals surface area contributed by atoms with Gasteiger partial charge in [-0.15, -0.1) is 0 Å². The van der Waals surface area contributed by atoms with Crippen molar-refractivity contribution in [1.82, 2.24) is 10.9 Å². The molecular formula is C33H44N4O2. The predicted molar refractivity (Wildman–Crippen MR) is 159 cm³/mol. The maximum atomic E-state index is 12.2. The summed E-state index contributed by atoms with van der Waals surface area (Å²) in [7, 11) is 0. The van der Waals surface area contributed by atoms with E-state index >= 15 is 0 Å². The summed E-state index contributed by atoms with van der Waals surface area (Å²) < 4.78 is 0. The minimum atomic E-state index is -0.196. The van der Waals surface area contributed by atoms with E-state index in [4.69, 9.17) is 0 Å². The number of benzene rings is 2. The zero-order chi connectivity index (χ0) is 27.5. The van der Waals surface area contributed by atoms with Gasteiger partial charge in [0.25, 0.3) is 0 Å². The van der Waals surface area contributed by atoms with Gasteiger partial charge in [-0.2, -0.15) is 10.2 Å². The Morgan fingerprint density at radius 1 is 0.615 bits per heavy atom. The molecule has 6 heteroatoms. The van der Waals surface area contributed by atoms with Gasteiger partial charge in [-0.3, -0.25) is 9.59 Å². The summed E-state index contributed by atoms with van der Waals surface area (Å²) in [5.74, 6) is 0.959. The Balaban J connectivity index is 1.15. The average molecular weight is 529 g/mol. The molecule has 2 aliphatic rings. The first-order chi connectivity index (χ1) is 19.0. The number of nitrogens with one attached hydrogen (secondary N) is 2. The summed E-state index contributed by atoms with van der Waals surface area (Å²) >= 11 is 0. The van der Waals surface area contributed by atoms with Crippen LogP contribution < -0.4 is 10.9 Å². The Kier molecular flexibility index (Phi) is 10.9. The summed E-state index contributed by atoms with van der Waals surface area (Å²) in [6.45, 7) is 3.79. The van der Waals surface area contributed by atoms with Gasteiger partial charge in [0.05, 0.1) is 11.4 Å². The van der Waals surface area contributed by atoms with Gasteiger partial charge in [-0.25, -0.2) is 10.9 Å². The monoisotopic (exact) mass is 528 g/mol. The Hall–Kier alpha value is -3.28. The van der Waals surface area contributed by atoms with Crippen LogP contribution in [-0.2, 0) is 9.59 Å². The number of hydrazone groups is 2. The highest BCUT2D eigenvalue weighted by atomic mass is 16.2. The summed E-state index contributed by atoms with van der Waals surface area (Å²) in [5.41, 5.74) is 11.6. The van der Waals surface area contributed by atoms with Crippen molar-refractivity contribution in [3.05, 3.63) is 70.8 Å². The van der Waals surface area contributed by atoms with E-state index in [9.17, 15) is 9.59 Å². The molecule has 2 amide bonds. The first-order valence-electron chi connectivity index (χ1n) is 14.9. The van der Waals surface area contributed by atoms with Gasteiger partial charge < -0.3 is 0 Å². The summed E-state index contributed by atoms with van der Waals surface area (Å²) in [4.78, 5) is 24.5. The molecule has 0 unspecified atom stereocenters. The van der Waals surface area contributed by atoms with Crippen LogP contribution in [0.2, 0.25) is 0 Å². The number of carbonyl (C=O) groups excluding carboxylic acids is 2. The molecular weight excluding hydrogens is 484 g/mol. The van der Waals surface area contributed by atoms with E-state index in [1.807, 2.05) is 13.8 Å². The molecule has 6 nitrogen and oxygen atoms in total. The third-order valence-electron chi connectivity index (χ3n) is 8.31. The van der Waals surface area contributed by atoms with Gasteiger partial charge in [0, 0.05) is 12.8 Å². The predicted octanol–water partition coefficient (Wildman–Crippen LogP) is 7.33. The minimum Gasteiger partial charge on any atom is -0.273 e. The Morgan fingerprint density at radius 3 is 1.33 bits per heavy atom. The Morgan fingerprint density at radius 2 is 0.974 bits per heavy atom. The van der Waals surface area contributed by atoms with Crippen LogP contribution in [0.5, 0.6) is 0 Å². The fourth-order valence-corrected chi connectivity index (χ4v) is 5.81. The lowest BCUT2D eigenvalue weighted by atomic mass is 9.84. The molecule has 4 rings (SSSR count). The van der Waals surface area contributed by atoms with Gasteiger partial charge in [-0.05, 0) is 80.0 Å². The fourth-order valence-electron chi connectivity index (χ4n) is 5.81. The van der Waals surface area contributed by atoms with Gasteiger partial charge in [-0.1, -0.05) is 87.1 Å². The molecule has 2 aliphatic carbocycles. The second-order valence-corrected chi connectivity index (χ2v) is 11.2. The molecule has 0 saturated heterocycles. The number of amides is 2. The zero-order valence-electron chi connectivity index (χ0n) is 23.7. The summed E-state index contributed by atoms with van der Waals surface area (Å²) in [6.07, 6.45) is 14.0. The highest BCUT2D eigenvalue weighted by molar-refractivity contribution is 6.00. The maximum Gasteiger partial charge on any atom is 0.240 e. The van der Waals surface area contributed by atoms with Crippen LogP contribution in [0.25, 0.3) is 0 Å². The fraction of sp³-hybridized carbons (Fsp3) is 0.515. The number of carbonyl (C=O) groups is 2. The number of nitrogens with zero attached hydrogens (tertiary/aromatic N) is 2. The van der Waals surface area contributed by atoms with Crippen molar-refractivity contribution in [2.75, 3.05) is 0 Å². The average Bonchev–Trinajstić information content (AvgIpc) is 2.99. The van der Waals surface area contributed by atoms with E-state index in [1.165, 1.54) is 75.3 Å². The van der Waals surface area contributed by atoms with Crippen molar-refractivity contribution in [3.63, 3.8) is 0 Å². The molecule has 0 aliphatic heterocycles. The number of hydrogen-bond acceptors (Lipinski definition) is 4. The number of rotatable bonds is 10. The molecule has 2 N–H and O–H groups in total. The topological polar surface area (TPSA) is 82.9 Å². The largest absolute Gasteiger partial charge is 0.273 e. The molecule has 2 aromatic rings. The second kappa shape index (κ2) is 14.8. The van der Waals surface area contributed by atoms with Gasteiger partial charge in [0.15, 0.2) is 0 Å². The zero-order valence-corrected chi connectivity index (χ0v) is 23.7. The van der Waals surface area contributed by atoms with Crippen molar-refractivity contribution in [1.29, 1.82) is 0 Å². The van der Waals surface area contributed by atoms with E-state index < -0.39 is 0 Å². The van der Waals surface area contributed by atoms with Crippen LogP contribution in [0.4, 0.5) is 0 Å². The molecule has 208 valence electrons. The molecule has 0 bridgehead atoms. The van der Waals surface area contributed by atoms with Crippen LogP contribution in [0.15, 0.2) is 58.7 Å². The first-order valence-corrected chi connectivity index (χ1v) is 14.9. The van der Waals surface area contributed by atoms with Crippen molar-refractivity contribution < 1.29 is 9.59 Å². The van der Waals surface area contributed by atoms with E-state index in [-0.39, 0.29) is 24.7 Å². The van der Waals surface area contributed by atoms with Gasteiger partial charge in [0.2, 0.25) is 11.8 Å². The SMILES string of the molecule is C/C(=N\NC(=O)CCCC(=O)N/N=C(\C)c1ccc(C2CCCCC2)cc1)c1ccc(C2CCCCC2)cc1. The molecule has 0 heterocycles. The Labute approximate surface area is 233 Å². The lowest BCUT2D eigenvalue weighted by Crippen LogP contribution is -2.22. The molecule has 2 fully saturated rings. The molecule has 0 atom stereocenters. The van der Waals surface area contributed by atoms with Crippen molar-refractivity contribution in [2.45, 2.75) is 109 Å². The number of hydrogen-bond donors (Lipinski definition) is 2. The van der Waals surface area contributed by atoms with E-state index in [0.29, 0.717) is 18.3 Å². The lowest BCUT2D eigenvalue weighted by Gasteiger charge is -2.22. The standard InChI is InChI=1S/C33H44N4O2/c1-24(26-16-20-30(21-17-26)28-10-5-3-6-11-28)34-36-32(38)14-9-15-33(39)37-35-25(2)27-18-22-31(23-19-27)29-12-7-4-8-13-29/h16-23,28-29H,3-15H2,1-2H3,(H,36,38)(H,37,39)/b34-24+,35-25+. The highest BCUT2D eigenvalue weighted by Crippen LogP contribution is 2.33.